The first-order chi connectivity index (χ1) is 8.72. The van der Waals surface area contributed by atoms with Gasteiger partial charge in [0.1, 0.15) is 0 Å². The molecule has 0 aliphatic carbocycles. The van der Waals surface area contributed by atoms with E-state index in [0.717, 1.165) is 30.5 Å². The number of nitrogens with zero attached hydrogens (tertiary/aromatic N) is 2. The van der Waals surface area contributed by atoms with E-state index < -0.39 is 0 Å². The number of pyridine rings is 1. The molecule has 0 spiro atoms. The lowest BCUT2D eigenvalue weighted by Crippen LogP contribution is -2.25. The van der Waals surface area contributed by atoms with Gasteiger partial charge in [0.05, 0.1) is 5.88 Å². The molecule has 1 unspecified atom stereocenters. The molecule has 0 N–H and O–H groups in total. The zero-order chi connectivity index (χ0) is 13.0. The van der Waals surface area contributed by atoms with Crippen LogP contribution in [0.3, 0.4) is 0 Å². The highest BCUT2D eigenvalue weighted by Gasteiger charge is 2.20. The van der Waals surface area contributed by atoms with Crippen LogP contribution >= 0.6 is 11.6 Å². The summed E-state index contributed by atoms with van der Waals surface area (Å²) < 4.78 is 0. The predicted molar refractivity (Wildman–Crippen MR) is 78.2 cm³/mol. The second-order valence-electron chi connectivity index (χ2n) is 5.56. The molecule has 2 nitrogen and oxygen atoms in total. The van der Waals surface area contributed by atoms with E-state index in [-0.39, 0.29) is 0 Å². The lowest BCUT2D eigenvalue weighted by Gasteiger charge is -2.25. The van der Waals surface area contributed by atoms with Crippen molar-refractivity contribution in [3.05, 3.63) is 24.0 Å². The standard InChI is InChI=1S/C15H23ClN2/c1-12(2)13-4-3-8-18(9-6-13)15-5-7-17-11-14(15)10-16/h5,7,11-13H,3-4,6,8-10H2,1-2H3. The third kappa shape index (κ3) is 3.17. The van der Waals surface area contributed by atoms with Crippen LogP contribution in [0, 0.1) is 11.8 Å². The molecule has 0 aromatic carbocycles. The SMILES string of the molecule is CC(C)C1CCCN(c2ccncc2CCl)CC1. The van der Waals surface area contributed by atoms with E-state index in [1.54, 1.807) is 0 Å². The minimum absolute atomic E-state index is 0.549. The smallest absolute Gasteiger partial charge is 0.0509 e. The largest absolute Gasteiger partial charge is 0.371 e. The molecular formula is C15H23ClN2. The maximum atomic E-state index is 6.00. The number of rotatable bonds is 3. The van der Waals surface area contributed by atoms with Crippen LogP contribution in [0.15, 0.2) is 18.5 Å². The summed E-state index contributed by atoms with van der Waals surface area (Å²) in [6.07, 6.45) is 7.70. The minimum Gasteiger partial charge on any atom is -0.371 e. The molecule has 0 radical (unpaired) electrons. The molecule has 1 aromatic heterocycles. The second-order valence-corrected chi connectivity index (χ2v) is 5.83. The number of halogens is 1. The Morgan fingerprint density at radius 2 is 2.22 bits per heavy atom. The molecule has 2 rings (SSSR count). The summed E-state index contributed by atoms with van der Waals surface area (Å²) >= 11 is 6.00. The molecular weight excluding hydrogens is 244 g/mol. The summed E-state index contributed by atoms with van der Waals surface area (Å²) in [6, 6.07) is 2.10. The Balaban J connectivity index is 2.10. The summed E-state index contributed by atoms with van der Waals surface area (Å²) in [5.41, 5.74) is 2.44. The summed E-state index contributed by atoms with van der Waals surface area (Å²) in [5, 5.41) is 0. The van der Waals surface area contributed by atoms with E-state index in [0.29, 0.717) is 5.88 Å². The molecule has 1 aliphatic heterocycles. The van der Waals surface area contributed by atoms with Crippen molar-refractivity contribution in [3.63, 3.8) is 0 Å². The normalized spacial score (nSPS) is 21.1. The van der Waals surface area contributed by atoms with E-state index >= 15 is 0 Å². The van der Waals surface area contributed by atoms with E-state index in [9.17, 15) is 0 Å². The maximum Gasteiger partial charge on any atom is 0.0509 e. The van der Waals surface area contributed by atoms with Gasteiger partial charge in [-0.25, -0.2) is 0 Å². The van der Waals surface area contributed by atoms with Crippen LogP contribution in [0.1, 0.15) is 38.7 Å². The summed E-state index contributed by atoms with van der Waals surface area (Å²) in [4.78, 5) is 6.65. The van der Waals surface area contributed by atoms with Crippen LogP contribution in [0.25, 0.3) is 0 Å². The first-order valence-corrected chi connectivity index (χ1v) is 7.49. The zero-order valence-corrected chi connectivity index (χ0v) is 12.2. The molecule has 1 atom stereocenters. The summed E-state index contributed by atoms with van der Waals surface area (Å²) in [5.74, 6) is 2.22. The molecule has 18 heavy (non-hydrogen) atoms. The van der Waals surface area contributed by atoms with Crippen LogP contribution in [0.4, 0.5) is 5.69 Å². The Hall–Kier alpha value is -0.760. The van der Waals surface area contributed by atoms with Crippen molar-refractivity contribution in [2.24, 2.45) is 11.8 Å². The van der Waals surface area contributed by atoms with E-state index in [4.69, 9.17) is 11.6 Å². The molecule has 100 valence electrons. The molecule has 0 bridgehead atoms. The lowest BCUT2D eigenvalue weighted by molar-refractivity contribution is 0.351. The molecule has 1 saturated heterocycles. The lowest BCUT2D eigenvalue weighted by atomic mass is 9.89. The summed E-state index contributed by atoms with van der Waals surface area (Å²) in [6.45, 7) is 6.99. The van der Waals surface area contributed by atoms with E-state index in [1.807, 2.05) is 12.4 Å². The van der Waals surface area contributed by atoms with Crippen molar-refractivity contribution >= 4 is 17.3 Å². The van der Waals surface area contributed by atoms with Crippen molar-refractivity contribution in [3.8, 4) is 0 Å². The van der Waals surface area contributed by atoms with Crippen molar-refractivity contribution in [1.29, 1.82) is 0 Å². The van der Waals surface area contributed by atoms with Crippen LogP contribution in [-0.4, -0.2) is 18.1 Å². The molecule has 1 aromatic rings. The van der Waals surface area contributed by atoms with Gasteiger partial charge < -0.3 is 4.90 Å². The summed E-state index contributed by atoms with van der Waals surface area (Å²) in [7, 11) is 0. The van der Waals surface area contributed by atoms with Gasteiger partial charge in [-0.05, 0) is 37.2 Å². The highest BCUT2D eigenvalue weighted by molar-refractivity contribution is 6.17. The van der Waals surface area contributed by atoms with Gasteiger partial charge in [-0.2, -0.15) is 0 Å². The molecule has 1 aliphatic rings. The van der Waals surface area contributed by atoms with E-state index in [2.05, 4.69) is 29.8 Å². The Kier molecular flexibility index (Phi) is 4.87. The average molecular weight is 267 g/mol. The number of anilines is 1. The Morgan fingerprint density at radius 1 is 1.39 bits per heavy atom. The number of hydrogen-bond donors (Lipinski definition) is 0. The van der Waals surface area contributed by atoms with Gasteiger partial charge in [0, 0.05) is 36.7 Å². The van der Waals surface area contributed by atoms with Crippen LogP contribution in [0.5, 0.6) is 0 Å². The second kappa shape index (κ2) is 6.42. The maximum absolute atomic E-state index is 6.00. The van der Waals surface area contributed by atoms with Crippen molar-refractivity contribution in [2.45, 2.75) is 39.0 Å². The molecule has 0 saturated carbocycles. The fourth-order valence-corrected chi connectivity index (χ4v) is 3.07. The highest BCUT2D eigenvalue weighted by Crippen LogP contribution is 2.29. The van der Waals surface area contributed by atoms with Gasteiger partial charge in [-0.15, -0.1) is 11.6 Å². The molecule has 1 fully saturated rings. The molecule has 3 heteroatoms. The van der Waals surface area contributed by atoms with Crippen molar-refractivity contribution in [1.82, 2.24) is 4.98 Å². The molecule has 0 amide bonds. The first-order valence-electron chi connectivity index (χ1n) is 6.96. The van der Waals surface area contributed by atoms with Gasteiger partial charge in [-0.1, -0.05) is 13.8 Å². The van der Waals surface area contributed by atoms with Gasteiger partial charge >= 0.3 is 0 Å². The predicted octanol–water partition coefficient (Wildman–Crippen LogP) is 4.08. The van der Waals surface area contributed by atoms with Crippen molar-refractivity contribution < 1.29 is 0 Å². The minimum atomic E-state index is 0.549. The van der Waals surface area contributed by atoms with E-state index in [1.165, 1.54) is 24.9 Å². The molecule has 2 heterocycles. The van der Waals surface area contributed by atoms with Gasteiger partial charge in [0.25, 0.3) is 0 Å². The van der Waals surface area contributed by atoms with Crippen LogP contribution in [0.2, 0.25) is 0 Å². The fourth-order valence-electron chi connectivity index (χ4n) is 2.86. The van der Waals surface area contributed by atoms with Gasteiger partial charge in [0.15, 0.2) is 0 Å². The average Bonchev–Trinajstić information content (AvgIpc) is 2.64. The Labute approximate surface area is 115 Å². The topological polar surface area (TPSA) is 16.1 Å². The quantitative estimate of drug-likeness (QED) is 0.767. The monoisotopic (exact) mass is 266 g/mol. The number of hydrogen-bond acceptors (Lipinski definition) is 2. The van der Waals surface area contributed by atoms with Crippen LogP contribution < -0.4 is 4.90 Å². The van der Waals surface area contributed by atoms with Gasteiger partial charge in [-0.3, -0.25) is 4.98 Å². The zero-order valence-electron chi connectivity index (χ0n) is 11.4. The third-order valence-electron chi connectivity index (χ3n) is 4.08. The third-order valence-corrected chi connectivity index (χ3v) is 4.37. The highest BCUT2D eigenvalue weighted by atomic mass is 35.5. The fraction of sp³-hybridized carbons (Fsp3) is 0.667. The van der Waals surface area contributed by atoms with Crippen LogP contribution in [-0.2, 0) is 5.88 Å². The Bertz CT molecular complexity index is 379. The number of alkyl halides is 1. The first kappa shape index (κ1) is 13.7. The van der Waals surface area contributed by atoms with Gasteiger partial charge in [0.2, 0.25) is 0 Å². The number of aromatic nitrogens is 1. The van der Waals surface area contributed by atoms with Crippen molar-refractivity contribution in [2.75, 3.05) is 18.0 Å². The Morgan fingerprint density at radius 3 is 2.94 bits per heavy atom.